The second-order valence-corrected chi connectivity index (χ2v) is 4.92. The largest absolute Gasteiger partial charge is 0.480 e. The highest BCUT2D eigenvalue weighted by molar-refractivity contribution is 5.73. The molecule has 21 heavy (non-hydrogen) atoms. The third kappa shape index (κ3) is 4.39. The summed E-state index contributed by atoms with van der Waals surface area (Å²) < 4.78 is 1.68. The zero-order chi connectivity index (χ0) is 15.1. The van der Waals surface area contributed by atoms with Gasteiger partial charge in [0, 0.05) is 6.54 Å². The molecular formula is C15H20N4O2. The van der Waals surface area contributed by atoms with E-state index in [2.05, 4.69) is 22.3 Å². The van der Waals surface area contributed by atoms with E-state index in [0.29, 0.717) is 13.0 Å². The van der Waals surface area contributed by atoms with Crippen LogP contribution in [0.25, 0.3) is 5.69 Å². The van der Waals surface area contributed by atoms with E-state index in [1.165, 1.54) is 6.33 Å². The van der Waals surface area contributed by atoms with Gasteiger partial charge in [-0.05, 0) is 24.1 Å². The zero-order valence-corrected chi connectivity index (χ0v) is 12.1. The van der Waals surface area contributed by atoms with Gasteiger partial charge in [0.05, 0.1) is 5.69 Å². The summed E-state index contributed by atoms with van der Waals surface area (Å²) in [6, 6.07) is 7.31. The third-order valence-corrected chi connectivity index (χ3v) is 3.32. The van der Waals surface area contributed by atoms with Crippen LogP contribution in [0.2, 0.25) is 0 Å². The number of carboxylic acids is 1. The molecule has 0 aliphatic rings. The van der Waals surface area contributed by atoms with Gasteiger partial charge < -0.3 is 10.4 Å². The van der Waals surface area contributed by atoms with Gasteiger partial charge in [0.25, 0.3) is 0 Å². The van der Waals surface area contributed by atoms with Crippen molar-refractivity contribution in [1.29, 1.82) is 0 Å². The highest BCUT2D eigenvalue weighted by Gasteiger charge is 2.15. The summed E-state index contributed by atoms with van der Waals surface area (Å²) in [5, 5.41) is 16.3. The summed E-state index contributed by atoms with van der Waals surface area (Å²) in [6.07, 6.45) is 5.69. The Morgan fingerprint density at radius 3 is 2.71 bits per heavy atom. The average Bonchev–Trinajstić information content (AvgIpc) is 3.02. The lowest BCUT2D eigenvalue weighted by Gasteiger charge is -2.14. The normalized spacial score (nSPS) is 12.2. The lowest BCUT2D eigenvalue weighted by atomic mass is 10.1. The van der Waals surface area contributed by atoms with Crippen LogP contribution in [0.5, 0.6) is 0 Å². The van der Waals surface area contributed by atoms with Crippen LogP contribution in [0.3, 0.4) is 0 Å². The van der Waals surface area contributed by atoms with Crippen molar-refractivity contribution < 1.29 is 9.90 Å². The molecule has 1 aromatic carbocycles. The Labute approximate surface area is 123 Å². The van der Waals surface area contributed by atoms with Gasteiger partial charge in [-0.25, -0.2) is 9.67 Å². The Balaban J connectivity index is 1.92. The molecule has 2 aromatic rings. The number of nitrogens with zero attached hydrogens (tertiary/aromatic N) is 3. The molecule has 0 saturated heterocycles. The summed E-state index contributed by atoms with van der Waals surface area (Å²) in [4.78, 5) is 15.1. The third-order valence-electron chi connectivity index (χ3n) is 3.32. The van der Waals surface area contributed by atoms with Gasteiger partial charge in [-0.2, -0.15) is 5.10 Å². The van der Waals surface area contributed by atoms with Crippen molar-refractivity contribution in [2.75, 3.05) is 0 Å². The molecule has 2 N–H and O–H groups in total. The van der Waals surface area contributed by atoms with Crippen LogP contribution in [0, 0.1) is 0 Å². The van der Waals surface area contributed by atoms with Gasteiger partial charge in [-0.15, -0.1) is 0 Å². The number of unbranched alkanes of at least 4 members (excludes halogenated alkanes) is 1. The van der Waals surface area contributed by atoms with Gasteiger partial charge in [0.15, 0.2) is 0 Å². The summed E-state index contributed by atoms with van der Waals surface area (Å²) in [7, 11) is 0. The fourth-order valence-corrected chi connectivity index (χ4v) is 2.07. The first-order valence-electron chi connectivity index (χ1n) is 7.11. The first kappa shape index (κ1) is 15.2. The quantitative estimate of drug-likeness (QED) is 0.776. The fourth-order valence-electron chi connectivity index (χ4n) is 2.07. The highest BCUT2D eigenvalue weighted by atomic mass is 16.4. The van der Waals surface area contributed by atoms with Crippen molar-refractivity contribution >= 4 is 5.97 Å². The molecule has 0 bridgehead atoms. The molecule has 0 saturated carbocycles. The number of hydrogen-bond donors (Lipinski definition) is 2. The fraction of sp³-hybridized carbons (Fsp3) is 0.400. The lowest BCUT2D eigenvalue weighted by Crippen LogP contribution is -2.36. The second kappa shape index (κ2) is 7.54. The number of nitrogens with one attached hydrogen (secondary N) is 1. The van der Waals surface area contributed by atoms with Gasteiger partial charge in [0.2, 0.25) is 0 Å². The average molecular weight is 288 g/mol. The van der Waals surface area contributed by atoms with Crippen LogP contribution in [-0.4, -0.2) is 31.9 Å². The predicted octanol–water partition coefficient (Wildman–Crippen LogP) is 2.00. The molecule has 0 amide bonds. The number of carboxylic acid groups (broad SMARTS) is 1. The van der Waals surface area contributed by atoms with Crippen molar-refractivity contribution in [3.63, 3.8) is 0 Å². The number of hydrogen-bond acceptors (Lipinski definition) is 4. The molecule has 1 unspecified atom stereocenters. The lowest BCUT2D eigenvalue weighted by molar-refractivity contribution is -0.139. The Hall–Kier alpha value is -2.21. The van der Waals surface area contributed by atoms with Crippen LogP contribution >= 0.6 is 0 Å². The molecule has 0 aliphatic heterocycles. The molecule has 112 valence electrons. The van der Waals surface area contributed by atoms with Crippen molar-refractivity contribution in [1.82, 2.24) is 20.1 Å². The highest BCUT2D eigenvalue weighted by Crippen LogP contribution is 2.09. The van der Waals surface area contributed by atoms with E-state index in [1.54, 1.807) is 11.0 Å². The molecule has 1 aromatic heterocycles. The zero-order valence-electron chi connectivity index (χ0n) is 12.1. The first-order chi connectivity index (χ1) is 10.2. The summed E-state index contributed by atoms with van der Waals surface area (Å²) >= 11 is 0. The maximum absolute atomic E-state index is 11.2. The van der Waals surface area contributed by atoms with Crippen molar-refractivity contribution in [3.8, 4) is 5.69 Å². The van der Waals surface area contributed by atoms with Crippen molar-refractivity contribution in [2.45, 2.75) is 38.8 Å². The van der Waals surface area contributed by atoms with Gasteiger partial charge in [0.1, 0.15) is 18.7 Å². The number of benzene rings is 1. The van der Waals surface area contributed by atoms with E-state index in [-0.39, 0.29) is 0 Å². The summed E-state index contributed by atoms with van der Waals surface area (Å²) in [6.45, 7) is 2.60. The second-order valence-electron chi connectivity index (χ2n) is 4.92. The van der Waals surface area contributed by atoms with Crippen LogP contribution in [0.1, 0.15) is 31.7 Å². The number of aliphatic carboxylic acids is 1. The molecule has 0 spiro atoms. The van der Waals surface area contributed by atoms with Gasteiger partial charge >= 0.3 is 5.97 Å². The van der Waals surface area contributed by atoms with Crippen LogP contribution in [-0.2, 0) is 11.3 Å². The van der Waals surface area contributed by atoms with Crippen LogP contribution in [0.4, 0.5) is 0 Å². The number of carbonyl (C=O) groups is 1. The molecular weight excluding hydrogens is 268 g/mol. The molecule has 1 heterocycles. The maximum Gasteiger partial charge on any atom is 0.320 e. The SMILES string of the molecule is CCCCC(NCc1ccc(-n2cncn2)cc1)C(=O)O. The molecule has 2 rings (SSSR count). The Kier molecular flexibility index (Phi) is 5.45. The standard InChI is InChI=1S/C15H20N4O2/c1-2-3-4-14(15(20)21)17-9-12-5-7-13(8-6-12)19-11-16-10-18-19/h5-8,10-11,14,17H,2-4,9H2,1H3,(H,20,21). The van der Waals surface area contributed by atoms with Gasteiger partial charge in [-0.1, -0.05) is 31.9 Å². The van der Waals surface area contributed by atoms with Crippen molar-refractivity contribution in [3.05, 3.63) is 42.5 Å². The first-order valence-corrected chi connectivity index (χ1v) is 7.11. The molecule has 6 nitrogen and oxygen atoms in total. The maximum atomic E-state index is 11.2. The van der Waals surface area contributed by atoms with E-state index < -0.39 is 12.0 Å². The smallest absolute Gasteiger partial charge is 0.320 e. The van der Waals surface area contributed by atoms with E-state index in [9.17, 15) is 4.79 Å². The van der Waals surface area contributed by atoms with Gasteiger partial charge in [-0.3, -0.25) is 4.79 Å². The van der Waals surface area contributed by atoms with E-state index >= 15 is 0 Å². The minimum atomic E-state index is -0.789. The Morgan fingerprint density at radius 2 is 2.14 bits per heavy atom. The van der Waals surface area contributed by atoms with E-state index in [0.717, 1.165) is 24.1 Å². The minimum Gasteiger partial charge on any atom is -0.480 e. The topological polar surface area (TPSA) is 80.0 Å². The van der Waals surface area contributed by atoms with E-state index in [1.807, 2.05) is 24.3 Å². The van der Waals surface area contributed by atoms with E-state index in [4.69, 9.17) is 5.11 Å². The predicted molar refractivity (Wildman–Crippen MR) is 79.1 cm³/mol. The Morgan fingerprint density at radius 1 is 1.38 bits per heavy atom. The monoisotopic (exact) mass is 288 g/mol. The molecule has 0 radical (unpaired) electrons. The number of rotatable bonds is 8. The number of aromatic nitrogens is 3. The molecule has 1 atom stereocenters. The van der Waals surface area contributed by atoms with Crippen LogP contribution < -0.4 is 5.32 Å². The Bertz CT molecular complexity index is 552. The summed E-state index contributed by atoms with van der Waals surface area (Å²) in [5.74, 6) is -0.789. The molecule has 6 heteroatoms. The van der Waals surface area contributed by atoms with Crippen molar-refractivity contribution in [2.24, 2.45) is 0 Å². The van der Waals surface area contributed by atoms with Crippen LogP contribution in [0.15, 0.2) is 36.9 Å². The minimum absolute atomic E-state index is 0.486. The molecule has 0 fully saturated rings. The molecule has 0 aliphatic carbocycles. The summed E-state index contributed by atoms with van der Waals surface area (Å²) in [5.41, 5.74) is 1.97.